The summed E-state index contributed by atoms with van der Waals surface area (Å²) in [6, 6.07) is 2.18. The summed E-state index contributed by atoms with van der Waals surface area (Å²) in [5, 5.41) is 2.16. The van der Waals surface area contributed by atoms with Gasteiger partial charge in [0, 0.05) is 42.7 Å². The Morgan fingerprint density at radius 1 is 1.50 bits per heavy atom. The molecule has 3 heterocycles. The van der Waals surface area contributed by atoms with Crippen molar-refractivity contribution in [2.45, 2.75) is 26.4 Å². The Hall–Kier alpha value is -1.46. The summed E-state index contributed by atoms with van der Waals surface area (Å²) in [7, 11) is 0. The number of aryl methyl sites for hydroxylation is 1. The molecule has 4 nitrogen and oxygen atoms in total. The quantitative estimate of drug-likeness (QED) is 0.897. The number of fused-ring (bicyclic) bond motifs is 1. The van der Waals surface area contributed by atoms with Gasteiger partial charge in [-0.05, 0) is 23.9 Å². The monoisotopic (exact) mass is 260 g/mol. The van der Waals surface area contributed by atoms with Crippen LogP contribution in [0.2, 0.25) is 0 Å². The number of anilines is 1. The van der Waals surface area contributed by atoms with Crippen LogP contribution in [-0.2, 0) is 19.5 Å². The lowest BCUT2D eigenvalue weighted by Gasteiger charge is -2.27. The van der Waals surface area contributed by atoms with E-state index in [-0.39, 0.29) is 0 Å². The molecule has 0 atom stereocenters. The molecule has 1 aliphatic rings. The molecule has 5 heteroatoms. The van der Waals surface area contributed by atoms with Gasteiger partial charge in [0.05, 0.1) is 5.69 Å². The largest absolute Gasteiger partial charge is 0.368 e. The maximum Gasteiger partial charge on any atom is 0.220 e. The lowest BCUT2D eigenvalue weighted by Crippen LogP contribution is -2.30. The molecule has 0 fully saturated rings. The highest BCUT2D eigenvalue weighted by molar-refractivity contribution is 7.10. The Labute approximate surface area is 110 Å². The van der Waals surface area contributed by atoms with Crippen molar-refractivity contribution in [2.75, 3.05) is 12.3 Å². The molecule has 0 saturated carbocycles. The molecular formula is C13H16N4S. The standard InChI is InChI=1S/C13H16N4S/c1-9-3-5-18-12(9)8-17-4-2-11-10(7-17)6-15-13(14)16-11/h3,5-6H,2,4,7-8H2,1H3,(H2,14,15,16). The number of aromatic nitrogens is 2. The van der Waals surface area contributed by atoms with E-state index in [9.17, 15) is 0 Å². The van der Waals surface area contributed by atoms with Crippen LogP contribution in [0.3, 0.4) is 0 Å². The average molecular weight is 260 g/mol. The zero-order valence-electron chi connectivity index (χ0n) is 10.4. The Bertz CT molecular complexity index is 564. The summed E-state index contributed by atoms with van der Waals surface area (Å²) >= 11 is 1.83. The summed E-state index contributed by atoms with van der Waals surface area (Å²) in [6.45, 7) is 5.16. The summed E-state index contributed by atoms with van der Waals surface area (Å²) < 4.78 is 0. The topological polar surface area (TPSA) is 55.0 Å². The SMILES string of the molecule is Cc1ccsc1CN1CCc2nc(N)ncc2C1. The summed E-state index contributed by atoms with van der Waals surface area (Å²) in [5.74, 6) is 0.385. The van der Waals surface area contributed by atoms with Crippen molar-refractivity contribution in [1.29, 1.82) is 0 Å². The van der Waals surface area contributed by atoms with E-state index in [0.717, 1.165) is 31.7 Å². The fraction of sp³-hybridized carbons (Fsp3) is 0.385. The molecule has 3 rings (SSSR count). The van der Waals surface area contributed by atoms with E-state index >= 15 is 0 Å². The van der Waals surface area contributed by atoms with Crippen molar-refractivity contribution < 1.29 is 0 Å². The minimum atomic E-state index is 0.385. The van der Waals surface area contributed by atoms with Crippen molar-refractivity contribution in [1.82, 2.24) is 14.9 Å². The predicted octanol–water partition coefficient (Wildman–Crippen LogP) is 1.99. The van der Waals surface area contributed by atoms with Crippen molar-refractivity contribution in [3.63, 3.8) is 0 Å². The van der Waals surface area contributed by atoms with Crippen LogP contribution in [0, 0.1) is 6.92 Å². The number of hydrogen-bond donors (Lipinski definition) is 1. The van der Waals surface area contributed by atoms with Gasteiger partial charge in [-0.2, -0.15) is 0 Å². The molecule has 0 radical (unpaired) electrons. The van der Waals surface area contributed by atoms with Crippen LogP contribution in [0.4, 0.5) is 5.95 Å². The van der Waals surface area contributed by atoms with Crippen LogP contribution in [-0.4, -0.2) is 21.4 Å². The van der Waals surface area contributed by atoms with Crippen LogP contribution >= 0.6 is 11.3 Å². The maximum absolute atomic E-state index is 5.61. The molecule has 2 aromatic heterocycles. The predicted molar refractivity (Wildman–Crippen MR) is 73.3 cm³/mol. The molecule has 2 N–H and O–H groups in total. The van der Waals surface area contributed by atoms with E-state index in [0.29, 0.717) is 5.95 Å². The number of nitrogens with zero attached hydrogens (tertiary/aromatic N) is 3. The molecule has 94 valence electrons. The van der Waals surface area contributed by atoms with E-state index in [1.54, 1.807) is 0 Å². The second-order valence-electron chi connectivity index (χ2n) is 4.69. The first-order chi connectivity index (χ1) is 8.72. The van der Waals surface area contributed by atoms with Gasteiger partial charge in [-0.3, -0.25) is 4.90 Å². The third-order valence-electron chi connectivity index (χ3n) is 3.37. The molecule has 0 amide bonds. The molecule has 0 unspecified atom stereocenters. The zero-order chi connectivity index (χ0) is 12.5. The van der Waals surface area contributed by atoms with Crippen molar-refractivity contribution in [3.8, 4) is 0 Å². The molecule has 0 aromatic carbocycles. The first-order valence-corrected chi connectivity index (χ1v) is 6.96. The van der Waals surface area contributed by atoms with Crippen LogP contribution in [0.15, 0.2) is 17.6 Å². The van der Waals surface area contributed by atoms with Crippen molar-refractivity contribution in [3.05, 3.63) is 39.3 Å². The molecular weight excluding hydrogens is 244 g/mol. The minimum Gasteiger partial charge on any atom is -0.368 e. The third kappa shape index (κ3) is 2.23. The fourth-order valence-corrected chi connectivity index (χ4v) is 3.24. The molecule has 0 saturated heterocycles. The number of thiophene rings is 1. The van der Waals surface area contributed by atoms with E-state index in [4.69, 9.17) is 5.73 Å². The second kappa shape index (κ2) is 4.66. The Morgan fingerprint density at radius 2 is 2.39 bits per heavy atom. The van der Waals surface area contributed by atoms with Gasteiger partial charge in [0.15, 0.2) is 0 Å². The van der Waals surface area contributed by atoms with Gasteiger partial charge in [-0.15, -0.1) is 11.3 Å². The van der Waals surface area contributed by atoms with Gasteiger partial charge in [0.1, 0.15) is 0 Å². The van der Waals surface area contributed by atoms with Gasteiger partial charge in [-0.1, -0.05) is 0 Å². The van der Waals surface area contributed by atoms with Crippen molar-refractivity contribution in [2.24, 2.45) is 0 Å². The second-order valence-corrected chi connectivity index (χ2v) is 5.69. The van der Waals surface area contributed by atoms with Crippen LogP contribution in [0.5, 0.6) is 0 Å². The highest BCUT2D eigenvalue weighted by Crippen LogP contribution is 2.22. The highest BCUT2D eigenvalue weighted by atomic mass is 32.1. The summed E-state index contributed by atoms with van der Waals surface area (Å²) in [6.07, 6.45) is 2.83. The Balaban J connectivity index is 1.75. The number of hydrogen-bond acceptors (Lipinski definition) is 5. The van der Waals surface area contributed by atoms with Gasteiger partial charge in [-0.25, -0.2) is 9.97 Å². The van der Waals surface area contributed by atoms with E-state index in [1.165, 1.54) is 16.0 Å². The molecule has 0 bridgehead atoms. The molecule has 1 aliphatic heterocycles. The first kappa shape index (κ1) is 11.6. The maximum atomic E-state index is 5.61. The lowest BCUT2D eigenvalue weighted by atomic mass is 10.1. The summed E-state index contributed by atoms with van der Waals surface area (Å²) in [4.78, 5) is 12.3. The normalized spacial score (nSPS) is 15.6. The molecule has 18 heavy (non-hydrogen) atoms. The number of rotatable bonds is 2. The van der Waals surface area contributed by atoms with E-state index in [2.05, 4.69) is 33.2 Å². The van der Waals surface area contributed by atoms with Crippen LogP contribution < -0.4 is 5.73 Å². The smallest absolute Gasteiger partial charge is 0.220 e. The average Bonchev–Trinajstić information content (AvgIpc) is 2.75. The van der Waals surface area contributed by atoms with Gasteiger partial charge >= 0.3 is 0 Å². The first-order valence-electron chi connectivity index (χ1n) is 6.08. The minimum absolute atomic E-state index is 0.385. The van der Waals surface area contributed by atoms with Crippen LogP contribution in [0.1, 0.15) is 21.7 Å². The summed E-state index contributed by atoms with van der Waals surface area (Å²) in [5.41, 5.74) is 9.33. The molecule has 0 spiro atoms. The molecule has 2 aromatic rings. The number of nitrogens with two attached hydrogens (primary N) is 1. The van der Waals surface area contributed by atoms with E-state index in [1.807, 2.05) is 17.5 Å². The highest BCUT2D eigenvalue weighted by Gasteiger charge is 2.18. The third-order valence-corrected chi connectivity index (χ3v) is 4.37. The van der Waals surface area contributed by atoms with Crippen molar-refractivity contribution >= 4 is 17.3 Å². The Kier molecular flexibility index (Phi) is 3.01. The van der Waals surface area contributed by atoms with Crippen LogP contribution in [0.25, 0.3) is 0 Å². The molecule has 0 aliphatic carbocycles. The zero-order valence-corrected chi connectivity index (χ0v) is 11.2. The fourth-order valence-electron chi connectivity index (χ4n) is 2.29. The lowest BCUT2D eigenvalue weighted by molar-refractivity contribution is 0.244. The van der Waals surface area contributed by atoms with E-state index < -0.39 is 0 Å². The van der Waals surface area contributed by atoms with Gasteiger partial charge in [0.25, 0.3) is 0 Å². The van der Waals surface area contributed by atoms with Gasteiger partial charge < -0.3 is 5.73 Å². The Morgan fingerprint density at radius 3 is 3.17 bits per heavy atom. The van der Waals surface area contributed by atoms with Gasteiger partial charge in [0.2, 0.25) is 5.95 Å². The number of nitrogen functional groups attached to an aromatic ring is 1.